The minimum atomic E-state index is -5.62. The van der Waals surface area contributed by atoms with Crippen LogP contribution in [0.15, 0.2) is 30.3 Å². The van der Waals surface area contributed by atoms with Gasteiger partial charge in [-0.1, -0.05) is 30.3 Å². The zero-order valence-electron chi connectivity index (χ0n) is 9.85. The second kappa shape index (κ2) is 5.60. The maximum atomic E-state index is 12.5. The number of hydrogen-bond acceptors (Lipinski definition) is 4. The van der Waals surface area contributed by atoms with Crippen LogP contribution in [0.2, 0.25) is 0 Å². The molecule has 0 aliphatic heterocycles. The third-order valence-corrected chi connectivity index (χ3v) is 4.18. The van der Waals surface area contributed by atoms with E-state index in [4.69, 9.17) is 0 Å². The summed E-state index contributed by atoms with van der Waals surface area (Å²) in [5.41, 5.74) is -5.20. The highest BCUT2D eigenvalue weighted by Crippen LogP contribution is 2.29. The van der Waals surface area contributed by atoms with Crippen LogP contribution in [0.5, 0.6) is 0 Å². The summed E-state index contributed by atoms with van der Waals surface area (Å²) in [5.74, 6) is -1.43. The van der Waals surface area contributed by atoms with E-state index in [-0.39, 0.29) is 0 Å². The Morgan fingerprint density at radius 3 is 2.21 bits per heavy atom. The number of sulfone groups is 1. The van der Waals surface area contributed by atoms with E-state index in [1.165, 1.54) is 24.3 Å². The normalized spacial score (nSPS) is 13.9. The average Bonchev–Trinajstić information content (AvgIpc) is 2.34. The molecule has 0 saturated heterocycles. The molecule has 8 heteroatoms. The van der Waals surface area contributed by atoms with Crippen LogP contribution < -0.4 is 0 Å². The number of alkyl halides is 3. The van der Waals surface area contributed by atoms with Crippen molar-refractivity contribution in [1.82, 2.24) is 0 Å². The van der Waals surface area contributed by atoms with Gasteiger partial charge >= 0.3 is 11.5 Å². The zero-order valence-corrected chi connectivity index (χ0v) is 10.7. The molecular weight excluding hydrogens is 285 g/mol. The molecule has 19 heavy (non-hydrogen) atoms. The quantitative estimate of drug-likeness (QED) is 0.794. The van der Waals surface area contributed by atoms with Gasteiger partial charge < -0.3 is 4.74 Å². The summed E-state index contributed by atoms with van der Waals surface area (Å²) < 4.78 is 64.3. The summed E-state index contributed by atoms with van der Waals surface area (Å²) in [6.45, 7) is 0. The number of hydrogen-bond donors (Lipinski definition) is 0. The van der Waals surface area contributed by atoms with Crippen molar-refractivity contribution in [1.29, 1.82) is 0 Å². The number of methoxy groups -OCH3 is 1. The Balaban J connectivity index is 3.14. The first-order valence-electron chi connectivity index (χ1n) is 5.12. The lowest BCUT2D eigenvalue weighted by Crippen LogP contribution is -2.41. The third kappa shape index (κ3) is 3.46. The van der Waals surface area contributed by atoms with Gasteiger partial charge in [-0.05, 0) is 5.56 Å². The fourth-order valence-electron chi connectivity index (χ4n) is 1.44. The van der Waals surface area contributed by atoms with Gasteiger partial charge in [0.05, 0.1) is 7.11 Å². The number of carbonyl (C=O) groups excluding carboxylic acids is 1. The van der Waals surface area contributed by atoms with E-state index in [0.29, 0.717) is 5.56 Å². The molecule has 0 fully saturated rings. The average molecular weight is 296 g/mol. The number of ether oxygens (including phenoxy) is 1. The molecule has 0 bridgehead atoms. The van der Waals surface area contributed by atoms with Crippen molar-refractivity contribution in [3.63, 3.8) is 0 Å². The molecule has 0 saturated carbocycles. The summed E-state index contributed by atoms with van der Waals surface area (Å²) in [7, 11) is -4.78. The predicted octanol–water partition coefficient (Wildman–Crippen LogP) is 1.71. The van der Waals surface area contributed by atoms with Crippen molar-refractivity contribution in [2.75, 3.05) is 7.11 Å². The van der Waals surface area contributed by atoms with E-state index >= 15 is 0 Å². The molecule has 0 aromatic heterocycles. The van der Waals surface area contributed by atoms with Gasteiger partial charge in [-0.2, -0.15) is 13.2 Å². The van der Waals surface area contributed by atoms with Gasteiger partial charge in [0.1, 0.15) is 0 Å². The Kier molecular flexibility index (Phi) is 4.56. The highest BCUT2D eigenvalue weighted by Gasteiger charge is 2.53. The van der Waals surface area contributed by atoms with Crippen LogP contribution in [0.3, 0.4) is 0 Å². The van der Waals surface area contributed by atoms with E-state index < -0.39 is 33.0 Å². The van der Waals surface area contributed by atoms with Crippen LogP contribution in [0.4, 0.5) is 13.2 Å². The molecule has 0 unspecified atom stereocenters. The highest BCUT2D eigenvalue weighted by molar-refractivity contribution is 7.93. The lowest BCUT2D eigenvalue weighted by atomic mass is 10.1. The lowest BCUT2D eigenvalue weighted by Gasteiger charge is -2.17. The van der Waals surface area contributed by atoms with Crippen molar-refractivity contribution in [2.24, 2.45) is 0 Å². The standard InChI is InChI=1S/C11H11F3O4S/c1-18-10(15)9(19(16,17)11(12,13)14)7-8-5-3-2-4-6-8/h2-6,9H,7H2,1H3/t9-/m0/s1. The largest absolute Gasteiger partial charge is 0.498 e. The second-order valence-electron chi connectivity index (χ2n) is 3.69. The first-order valence-corrected chi connectivity index (χ1v) is 6.66. The molecule has 1 aromatic rings. The smallest absolute Gasteiger partial charge is 0.468 e. The molecule has 4 nitrogen and oxygen atoms in total. The minimum absolute atomic E-state index is 0.297. The van der Waals surface area contributed by atoms with Gasteiger partial charge in [-0.25, -0.2) is 8.42 Å². The molecular formula is C11H11F3O4S. The van der Waals surface area contributed by atoms with Gasteiger partial charge in [0.15, 0.2) is 5.25 Å². The van der Waals surface area contributed by atoms with E-state index in [1.807, 2.05) is 0 Å². The topological polar surface area (TPSA) is 60.4 Å². The van der Waals surface area contributed by atoms with Crippen molar-refractivity contribution in [3.8, 4) is 0 Å². The first-order chi connectivity index (χ1) is 8.70. The molecule has 1 rings (SSSR count). The SMILES string of the molecule is COC(=O)[C@H](Cc1ccccc1)S(=O)(=O)C(F)(F)F. The maximum absolute atomic E-state index is 12.5. The van der Waals surface area contributed by atoms with Crippen LogP contribution in [0.25, 0.3) is 0 Å². The summed E-state index contributed by atoms with van der Waals surface area (Å²) >= 11 is 0. The molecule has 106 valence electrons. The Hall–Kier alpha value is -1.57. The molecule has 1 atom stereocenters. The molecule has 0 radical (unpaired) electrons. The molecule has 0 amide bonds. The summed E-state index contributed by atoms with van der Waals surface area (Å²) in [4.78, 5) is 11.3. The Labute approximate surface area is 108 Å². The summed E-state index contributed by atoms with van der Waals surface area (Å²) in [6.07, 6.45) is -0.588. The lowest BCUT2D eigenvalue weighted by molar-refractivity contribution is -0.140. The Morgan fingerprint density at radius 1 is 1.26 bits per heavy atom. The zero-order chi connectivity index (χ0) is 14.7. The van der Waals surface area contributed by atoms with Gasteiger partial charge in [-0.15, -0.1) is 0 Å². The summed E-state index contributed by atoms with van der Waals surface area (Å²) in [5, 5.41) is -2.29. The van der Waals surface area contributed by atoms with Crippen LogP contribution in [0.1, 0.15) is 5.56 Å². The van der Waals surface area contributed by atoms with Crippen LogP contribution in [-0.2, 0) is 25.8 Å². The van der Waals surface area contributed by atoms with Crippen molar-refractivity contribution >= 4 is 15.8 Å². The molecule has 1 aromatic carbocycles. The van der Waals surface area contributed by atoms with Crippen LogP contribution in [-0.4, -0.2) is 32.3 Å². The Morgan fingerprint density at radius 2 is 1.79 bits per heavy atom. The minimum Gasteiger partial charge on any atom is -0.468 e. The monoisotopic (exact) mass is 296 g/mol. The van der Waals surface area contributed by atoms with Crippen molar-refractivity contribution in [3.05, 3.63) is 35.9 Å². The number of benzene rings is 1. The van der Waals surface area contributed by atoms with Gasteiger partial charge in [-0.3, -0.25) is 4.79 Å². The van der Waals surface area contributed by atoms with Crippen molar-refractivity contribution in [2.45, 2.75) is 17.2 Å². The molecule has 0 aliphatic rings. The van der Waals surface area contributed by atoms with E-state index in [9.17, 15) is 26.4 Å². The molecule has 0 heterocycles. The van der Waals surface area contributed by atoms with E-state index in [2.05, 4.69) is 4.74 Å². The van der Waals surface area contributed by atoms with E-state index in [1.54, 1.807) is 6.07 Å². The number of esters is 1. The van der Waals surface area contributed by atoms with E-state index in [0.717, 1.165) is 7.11 Å². The van der Waals surface area contributed by atoms with Gasteiger partial charge in [0.2, 0.25) is 0 Å². The fraction of sp³-hybridized carbons (Fsp3) is 0.364. The molecule has 0 N–H and O–H groups in total. The van der Waals surface area contributed by atoms with Gasteiger partial charge in [0.25, 0.3) is 9.84 Å². The maximum Gasteiger partial charge on any atom is 0.498 e. The molecule has 0 aliphatic carbocycles. The first kappa shape index (κ1) is 15.5. The number of halogens is 3. The van der Waals surface area contributed by atoms with Crippen LogP contribution >= 0.6 is 0 Å². The second-order valence-corrected chi connectivity index (χ2v) is 5.81. The Bertz CT molecular complexity index is 537. The predicted molar refractivity (Wildman–Crippen MR) is 60.9 cm³/mol. The van der Waals surface area contributed by atoms with Crippen molar-refractivity contribution < 1.29 is 31.1 Å². The highest BCUT2D eigenvalue weighted by atomic mass is 32.2. The van der Waals surface area contributed by atoms with Crippen LogP contribution in [0, 0.1) is 0 Å². The van der Waals surface area contributed by atoms with Gasteiger partial charge in [0, 0.05) is 6.42 Å². The molecule has 0 spiro atoms. The summed E-state index contributed by atoms with van der Waals surface area (Å²) in [6, 6.07) is 7.55. The fourth-order valence-corrected chi connectivity index (χ4v) is 2.52. The number of rotatable bonds is 4. The number of carbonyl (C=O) groups is 1. The third-order valence-electron chi connectivity index (χ3n) is 2.43.